The van der Waals surface area contributed by atoms with E-state index in [9.17, 15) is 4.79 Å². The number of aromatic nitrogens is 2. The molecule has 2 aromatic rings. The van der Waals surface area contributed by atoms with Gasteiger partial charge in [0.2, 0.25) is 0 Å². The Morgan fingerprint density at radius 3 is 2.20 bits per heavy atom. The molecular formula is C22H30ClN5O2. The first kappa shape index (κ1) is 22.2. The Kier molecular flexibility index (Phi) is 7.02. The second-order valence-corrected chi connectivity index (χ2v) is 8.20. The number of carbonyl (C=O) groups excluding carboxylic acids is 1. The maximum atomic E-state index is 13.0. The van der Waals surface area contributed by atoms with Gasteiger partial charge in [0, 0.05) is 44.3 Å². The van der Waals surface area contributed by atoms with Gasteiger partial charge >= 0.3 is 0 Å². The van der Waals surface area contributed by atoms with E-state index < -0.39 is 5.60 Å². The van der Waals surface area contributed by atoms with Crippen LogP contribution in [0.4, 0.5) is 11.6 Å². The zero-order valence-electron chi connectivity index (χ0n) is 18.1. The number of piperazine rings is 1. The molecule has 1 amide bonds. The maximum absolute atomic E-state index is 13.0. The first-order valence-corrected chi connectivity index (χ1v) is 10.8. The van der Waals surface area contributed by atoms with Crippen LogP contribution in [0, 0.1) is 0 Å². The lowest BCUT2D eigenvalue weighted by molar-refractivity contribution is -0.145. The molecular weight excluding hydrogens is 402 g/mol. The molecule has 162 valence electrons. The molecule has 0 spiro atoms. The first-order valence-electron chi connectivity index (χ1n) is 10.4. The van der Waals surface area contributed by atoms with Crippen molar-refractivity contribution in [2.24, 2.45) is 0 Å². The summed E-state index contributed by atoms with van der Waals surface area (Å²) in [6.07, 6.45) is 0. The van der Waals surface area contributed by atoms with E-state index in [2.05, 4.69) is 33.8 Å². The third kappa shape index (κ3) is 5.14. The highest BCUT2D eigenvalue weighted by molar-refractivity contribution is 6.30. The van der Waals surface area contributed by atoms with Gasteiger partial charge < -0.3 is 19.4 Å². The van der Waals surface area contributed by atoms with Crippen LogP contribution in [-0.4, -0.2) is 65.9 Å². The van der Waals surface area contributed by atoms with Crippen LogP contribution in [0.25, 0.3) is 0 Å². The molecule has 30 heavy (non-hydrogen) atoms. The maximum Gasteiger partial charge on any atom is 0.266 e. The van der Waals surface area contributed by atoms with Crippen LogP contribution < -0.4 is 14.5 Å². The number of amides is 1. The minimum Gasteiger partial charge on any atom is -0.478 e. The van der Waals surface area contributed by atoms with Crippen molar-refractivity contribution >= 4 is 29.1 Å². The molecule has 0 unspecified atom stereocenters. The Labute approximate surface area is 183 Å². The van der Waals surface area contributed by atoms with Gasteiger partial charge in [0.05, 0.1) is 0 Å². The summed E-state index contributed by atoms with van der Waals surface area (Å²) in [5, 5.41) is 9.40. The van der Waals surface area contributed by atoms with E-state index >= 15 is 0 Å². The fraction of sp³-hybridized carbons (Fsp3) is 0.500. The number of ether oxygens (including phenoxy) is 1. The van der Waals surface area contributed by atoms with E-state index in [1.807, 2.05) is 17.0 Å². The number of hydrogen-bond acceptors (Lipinski definition) is 6. The van der Waals surface area contributed by atoms with E-state index in [1.54, 1.807) is 38.1 Å². The molecule has 0 radical (unpaired) electrons. The molecule has 7 nitrogen and oxygen atoms in total. The minimum atomic E-state index is -0.957. The van der Waals surface area contributed by atoms with Crippen molar-refractivity contribution in [3.8, 4) is 5.75 Å². The number of rotatable bonds is 7. The third-order valence-corrected chi connectivity index (χ3v) is 5.57. The lowest BCUT2D eigenvalue weighted by Gasteiger charge is -2.38. The molecule has 0 saturated carbocycles. The molecule has 1 aromatic carbocycles. The average Bonchev–Trinajstić information content (AvgIpc) is 2.76. The largest absolute Gasteiger partial charge is 0.478 e. The van der Waals surface area contributed by atoms with Crippen molar-refractivity contribution in [2.45, 2.75) is 33.3 Å². The highest BCUT2D eigenvalue weighted by atomic mass is 35.5. The van der Waals surface area contributed by atoms with E-state index in [0.717, 1.165) is 24.7 Å². The van der Waals surface area contributed by atoms with Crippen LogP contribution in [0.15, 0.2) is 36.4 Å². The second kappa shape index (κ2) is 9.51. The Hall–Kier alpha value is -2.54. The zero-order valence-corrected chi connectivity index (χ0v) is 18.9. The highest BCUT2D eigenvalue weighted by Crippen LogP contribution is 2.23. The number of halogens is 1. The quantitative estimate of drug-likeness (QED) is 0.668. The van der Waals surface area contributed by atoms with Gasteiger partial charge in [-0.2, -0.15) is 0 Å². The van der Waals surface area contributed by atoms with Crippen molar-refractivity contribution in [1.82, 2.24) is 15.1 Å². The molecule has 8 heteroatoms. The summed E-state index contributed by atoms with van der Waals surface area (Å²) in [5.74, 6) is 2.33. The molecule has 0 bridgehead atoms. The Morgan fingerprint density at radius 1 is 1.03 bits per heavy atom. The summed E-state index contributed by atoms with van der Waals surface area (Å²) in [5.41, 5.74) is -0.957. The minimum absolute atomic E-state index is 0.0277. The summed E-state index contributed by atoms with van der Waals surface area (Å²) < 4.78 is 5.95. The van der Waals surface area contributed by atoms with Crippen LogP contribution in [0.3, 0.4) is 0 Å². The normalized spacial score (nSPS) is 14.6. The SMILES string of the molecule is CCN(CC)c1ccc(N2CCN(C(=O)C(C)(C)Oc3ccc(Cl)cc3)CC2)nn1. The molecule has 0 aliphatic carbocycles. The Balaban J connectivity index is 1.57. The van der Waals surface area contributed by atoms with Gasteiger partial charge in [-0.15, -0.1) is 10.2 Å². The monoisotopic (exact) mass is 431 g/mol. The van der Waals surface area contributed by atoms with Crippen molar-refractivity contribution in [2.75, 3.05) is 49.1 Å². The summed E-state index contributed by atoms with van der Waals surface area (Å²) in [6, 6.07) is 11.1. The van der Waals surface area contributed by atoms with E-state index in [0.29, 0.717) is 37.0 Å². The summed E-state index contributed by atoms with van der Waals surface area (Å²) in [4.78, 5) is 19.2. The number of anilines is 2. The van der Waals surface area contributed by atoms with Crippen LogP contribution in [-0.2, 0) is 4.79 Å². The highest BCUT2D eigenvalue weighted by Gasteiger charge is 2.36. The van der Waals surface area contributed by atoms with Crippen molar-refractivity contribution in [3.05, 3.63) is 41.4 Å². The molecule has 2 heterocycles. The molecule has 3 rings (SSSR count). The van der Waals surface area contributed by atoms with Gasteiger partial charge in [0.15, 0.2) is 17.2 Å². The second-order valence-electron chi connectivity index (χ2n) is 7.77. The summed E-state index contributed by atoms with van der Waals surface area (Å²) in [6.45, 7) is 12.3. The first-order chi connectivity index (χ1) is 14.3. The van der Waals surface area contributed by atoms with Gasteiger partial charge in [0.25, 0.3) is 5.91 Å². The Bertz CT molecular complexity index is 830. The van der Waals surface area contributed by atoms with Gasteiger partial charge in [-0.25, -0.2) is 0 Å². The smallest absolute Gasteiger partial charge is 0.266 e. The van der Waals surface area contributed by atoms with Crippen LogP contribution >= 0.6 is 11.6 Å². The van der Waals surface area contributed by atoms with Crippen LogP contribution in [0.2, 0.25) is 5.02 Å². The topological polar surface area (TPSA) is 61.8 Å². The van der Waals surface area contributed by atoms with Crippen molar-refractivity contribution < 1.29 is 9.53 Å². The third-order valence-electron chi connectivity index (χ3n) is 5.32. The van der Waals surface area contributed by atoms with Crippen molar-refractivity contribution in [3.63, 3.8) is 0 Å². The lowest BCUT2D eigenvalue weighted by atomic mass is 10.1. The molecule has 1 aliphatic heterocycles. The van der Waals surface area contributed by atoms with E-state index in [1.165, 1.54) is 0 Å². The van der Waals surface area contributed by atoms with Gasteiger partial charge in [-0.05, 0) is 64.1 Å². The molecule has 1 saturated heterocycles. The predicted molar refractivity (Wildman–Crippen MR) is 121 cm³/mol. The standard InChI is InChI=1S/C22H30ClN5O2/c1-5-26(6-2)19-11-12-20(25-24-19)27-13-15-28(16-14-27)21(29)22(3,4)30-18-9-7-17(23)8-10-18/h7-12H,5-6,13-16H2,1-4H3. The molecule has 0 N–H and O–H groups in total. The van der Waals surface area contributed by atoms with Gasteiger partial charge in [-0.3, -0.25) is 4.79 Å². The summed E-state index contributed by atoms with van der Waals surface area (Å²) in [7, 11) is 0. The van der Waals surface area contributed by atoms with Gasteiger partial charge in [-0.1, -0.05) is 11.6 Å². The van der Waals surface area contributed by atoms with Crippen LogP contribution in [0.5, 0.6) is 5.75 Å². The van der Waals surface area contributed by atoms with E-state index in [-0.39, 0.29) is 5.91 Å². The number of nitrogens with zero attached hydrogens (tertiary/aromatic N) is 5. The fourth-order valence-electron chi connectivity index (χ4n) is 3.56. The predicted octanol–water partition coefficient (Wildman–Crippen LogP) is 3.48. The molecule has 1 aromatic heterocycles. The fourth-order valence-corrected chi connectivity index (χ4v) is 3.69. The van der Waals surface area contributed by atoms with Crippen molar-refractivity contribution in [1.29, 1.82) is 0 Å². The zero-order chi connectivity index (χ0) is 21.7. The average molecular weight is 432 g/mol. The number of benzene rings is 1. The Morgan fingerprint density at radius 2 is 1.67 bits per heavy atom. The van der Waals surface area contributed by atoms with Crippen LogP contribution in [0.1, 0.15) is 27.7 Å². The number of hydrogen-bond donors (Lipinski definition) is 0. The number of carbonyl (C=O) groups is 1. The lowest BCUT2D eigenvalue weighted by Crippen LogP contribution is -2.56. The van der Waals surface area contributed by atoms with Gasteiger partial charge in [0.1, 0.15) is 5.75 Å². The molecule has 1 fully saturated rings. The summed E-state index contributed by atoms with van der Waals surface area (Å²) >= 11 is 5.92. The molecule has 1 aliphatic rings. The van der Waals surface area contributed by atoms with E-state index in [4.69, 9.17) is 16.3 Å². The molecule has 0 atom stereocenters.